The van der Waals surface area contributed by atoms with E-state index in [1.165, 1.54) is 5.56 Å². The van der Waals surface area contributed by atoms with Gasteiger partial charge < -0.3 is 19.7 Å². The van der Waals surface area contributed by atoms with Gasteiger partial charge in [-0.1, -0.05) is 6.07 Å². The Kier molecular flexibility index (Phi) is 4.81. The van der Waals surface area contributed by atoms with Gasteiger partial charge >= 0.3 is 0 Å². The number of benzene rings is 1. The van der Waals surface area contributed by atoms with Crippen molar-refractivity contribution in [3.8, 4) is 16.6 Å². The molecule has 2 aliphatic rings. The van der Waals surface area contributed by atoms with Gasteiger partial charge in [0.2, 0.25) is 6.79 Å². The van der Waals surface area contributed by atoms with Crippen molar-refractivity contribution in [1.82, 2.24) is 19.9 Å². The van der Waals surface area contributed by atoms with Crippen molar-refractivity contribution in [1.29, 1.82) is 0 Å². The van der Waals surface area contributed by atoms with Crippen LogP contribution in [-0.2, 0) is 0 Å². The Morgan fingerprint density at radius 2 is 1.94 bits per heavy atom. The minimum Gasteiger partial charge on any atom is -0.454 e. The number of thiazole rings is 1. The molecule has 2 atom stereocenters. The van der Waals surface area contributed by atoms with Gasteiger partial charge in [-0.05, 0) is 62.0 Å². The molecule has 0 radical (unpaired) electrons. The molecule has 1 fully saturated rings. The molecule has 1 N–H and O–H groups in total. The van der Waals surface area contributed by atoms with Crippen LogP contribution in [0, 0.1) is 13.8 Å². The van der Waals surface area contributed by atoms with Crippen LogP contribution in [0.2, 0.25) is 0 Å². The molecule has 1 aromatic carbocycles. The first-order chi connectivity index (χ1) is 16.1. The number of thiocarbonyl (C=S) groups is 1. The summed E-state index contributed by atoms with van der Waals surface area (Å²) in [7, 11) is 0. The fourth-order valence-corrected chi connectivity index (χ4v) is 5.79. The lowest BCUT2D eigenvalue weighted by Crippen LogP contribution is -2.29. The average molecular weight is 476 g/mol. The van der Waals surface area contributed by atoms with E-state index in [4.69, 9.17) is 21.7 Å². The van der Waals surface area contributed by atoms with Crippen LogP contribution >= 0.6 is 23.6 Å². The molecule has 0 aliphatic carbocycles. The number of hydrogen-bond acceptors (Lipinski definition) is 6. The van der Waals surface area contributed by atoms with Crippen molar-refractivity contribution in [3.63, 3.8) is 0 Å². The Morgan fingerprint density at radius 3 is 2.73 bits per heavy atom. The molecule has 0 amide bonds. The largest absolute Gasteiger partial charge is 0.454 e. The Bertz CT molecular complexity index is 1340. The number of aromatic nitrogens is 3. The second-order valence-corrected chi connectivity index (χ2v) is 9.27. The minimum atomic E-state index is -0.116. The van der Waals surface area contributed by atoms with Crippen molar-refractivity contribution in [3.05, 3.63) is 82.9 Å². The highest BCUT2D eigenvalue weighted by Crippen LogP contribution is 2.46. The first-order valence-corrected chi connectivity index (χ1v) is 11.9. The number of rotatable bonds is 4. The Morgan fingerprint density at radius 1 is 1.06 bits per heavy atom. The molecule has 4 aromatic rings. The second kappa shape index (κ2) is 7.86. The number of nitrogens with one attached hydrogen (secondary N) is 1. The van der Waals surface area contributed by atoms with Crippen LogP contribution < -0.4 is 19.7 Å². The normalized spacial score (nSPS) is 19.2. The number of ether oxygens (including phenoxy) is 2. The summed E-state index contributed by atoms with van der Waals surface area (Å²) in [6.07, 6.45) is 3.65. The van der Waals surface area contributed by atoms with Crippen LogP contribution in [0.5, 0.6) is 11.5 Å². The molecule has 33 heavy (non-hydrogen) atoms. The third-order valence-electron chi connectivity index (χ3n) is 6.13. The van der Waals surface area contributed by atoms with Gasteiger partial charge in [0.25, 0.3) is 0 Å². The molecule has 7 nitrogen and oxygen atoms in total. The fourth-order valence-electron chi connectivity index (χ4n) is 4.69. The molecular weight excluding hydrogens is 454 g/mol. The summed E-state index contributed by atoms with van der Waals surface area (Å²) in [5.41, 5.74) is 5.31. The monoisotopic (exact) mass is 475 g/mol. The summed E-state index contributed by atoms with van der Waals surface area (Å²) in [6, 6.07) is 13.9. The molecule has 0 saturated carbocycles. The summed E-state index contributed by atoms with van der Waals surface area (Å²) < 4.78 is 13.4. The van der Waals surface area contributed by atoms with E-state index in [-0.39, 0.29) is 18.9 Å². The lowest BCUT2D eigenvalue weighted by molar-refractivity contribution is 0.174. The summed E-state index contributed by atoms with van der Waals surface area (Å²) in [5.74, 6) is 1.47. The third-order valence-corrected chi connectivity index (χ3v) is 7.20. The van der Waals surface area contributed by atoms with Gasteiger partial charge in [0.05, 0.1) is 17.8 Å². The molecular formula is C24H21N5O2S2. The number of aryl methyl sites for hydroxylation is 1. The van der Waals surface area contributed by atoms with Crippen molar-refractivity contribution in [2.24, 2.45) is 0 Å². The quantitative estimate of drug-likeness (QED) is 0.423. The van der Waals surface area contributed by atoms with Gasteiger partial charge in [0, 0.05) is 40.9 Å². The first-order valence-electron chi connectivity index (χ1n) is 10.6. The van der Waals surface area contributed by atoms with E-state index in [2.05, 4.69) is 44.7 Å². The molecule has 0 unspecified atom stereocenters. The summed E-state index contributed by atoms with van der Waals surface area (Å²) in [4.78, 5) is 11.4. The van der Waals surface area contributed by atoms with E-state index < -0.39 is 0 Å². The van der Waals surface area contributed by atoms with Crippen molar-refractivity contribution in [2.45, 2.75) is 25.9 Å². The van der Waals surface area contributed by atoms with E-state index in [0.29, 0.717) is 5.11 Å². The molecule has 3 aromatic heterocycles. The van der Waals surface area contributed by atoms with Gasteiger partial charge in [-0.2, -0.15) is 0 Å². The molecule has 166 valence electrons. The van der Waals surface area contributed by atoms with E-state index in [1.807, 2.05) is 54.2 Å². The maximum atomic E-state index is 5.87. The summed E-state index contributed by atoms with van der Waals surface area (Å²) in [6.45, 7) is 4.48. The topological polar surface area (TPSA) is 64.4 Å². The van der Waals surface area contributed by atoms with Crippen LogP contribution in [0.25, 0.3) is 5.13 Å². The molecule has 6 rings (SSSR count). The zero-order valence-electron chi connectivity index (χ0n) is 18.1. The van der Waals surface area contributed by atoms with Crippen molar-refractivity contribution < 1.29 is 9.47 Å². The van der Waals surface area contributed by atoms with Crippen molar-refractivity contribution >= 4 is 34.4 Å². The molecule has 0 spiro atoms. The van der Waals surface area contributed by atoms with Crippen LogP contribution in [-0.4, -0.2) is 26.4 Å². The lowest BCUT2D eigenvalue weighted by atomic mass is 9.96. The molecule has 1 saturated heterocycles. The number of anilines is 1. The van der Waals surface area contributed by atoms with E-state index in [9.17, 15) is 0 Å². The number of pyridine rings is 1. The number of nitrogens with zero attached hydrogens (tertiary/aromatic N) is 4. The Hall–Kier alpha value is -3.43. The van der Waals surface area contributed by atoms with E-state index in [0.717, 1.165) is 39.4 Å². The summed E-state index contributed by atoms with van der Waals surface area (Å²) >= 11 is 7.49. The predicted molar refractivity (Wildman–Crippen MR) is 131 cm³/mol. The smallest absolute Gasteiger partial charge is 0.231 e. The predicted octanol–water partition coefficient (Wildman–Crippen LogP) is 4.85. The standard InChI is InChI=1S/C24H21N5O2S2/c1-14-11-17(15(2)28(14)24-26-9-10-33-24)22-21(18-5-3-4-8-25-18)27-23(32)29(22)16-6-7-19-20(12-16)31-13-30-19/h3-12,21-22H,13H2,1-2H3,(H,27,32)/t21-,22+/m1/s1. The van der Waals surface area contributed by atoms with Gasteiger partial charge in [-0.15, -0.1) is 11.3 Å². The van der Waals surface area contributed by atoms with Gasteiger partial charge in [-0.25, -0.2) is 4.98 Å². The highest BCUT2D eigenvalue weighted by Gasteiger charge is 2.42. The van der Waals surface area contributed by atoms with Gasteiger partial charge in [0.1, 0.15) is 0 Å². The number of fused-ring (bicyclic) bond motifs is 1. The highest BCUT2D eigenvalue weighted by molar-refractivity contribution is 7.80. The van der Waals surface area contributed by atoms with Crippen LogP contribution in [0.1, 0.15) is 34.7 Å². The number of hydrogen-bond donors (Lipinski definition) is 1. The minimum absolute atomic E-state index is 0.104. The van der Waals surface area contributed by atoms with Gasteiger partial charge in [-0.3, -0.25) is 9.55 Å². The zero-order chi connectivity index (χ0) is 22.5. The van der Waals surface area contributed by atoms with E-state index in [1.54, 1.807) is 11.3 Å². The molecule has 5 heterocycles. The van der Waals surface area contributed by atoms with E-state index >= 15 is 0 Å². The Balaban J connectivity index is 1.52. The lowest BCUT2D eigenvalue weighted by Gasteiger charge is -2.28. The zero-order valence-corrected chi connectivity index (χ0v) is 19.7. The van der Waals surface area contributed by atoms with Crippen molar-refractivity contribution in [2.75, 3.05) is 11.7 Å². The molecule has 9 heteroatoms. The van der Waals surface area contributed by atoms with Crippen LogP contribution in [0.15, 0.2) is 60.2 Å². The molecule has 2 aliphatic heterocycles. The summed E-state index contributed by atoms with van der Waals surface area (Å²) in [5, 5.41) is 7.12. The second-order valence-electron chi connectivity index (χ2n) is 8.01. The van der Waals surface area contributed by atoms with Crippen LogP contribution in [0.3, 0.4) is 0 Å². The first kappa shape index (κ1) is 20.2. The van der Waals surface area contributed by atoms with Crippen LogP contribution in [0.4, 0.5) is 5.69 Å². The molecule has 0 bridgehead atoms. The SMILES string of the molecule is Cc1cc([C@H]2[C@@H](c3ccccn3)NC(=S)N2c2ccc3c(c2)OCO3)c(C)n1-c1nccs1. The maximum absolute atomic E-state index is 5.87. The average Bonchev–Trinajstić information content (AvgIpc) is 3.60. The third kappa shape index (κ3) is 3.27. The van der Waals surface area contributed by atoms with Gasteiger partial charge in [0.15, 0.2) is 21.7 Å². The highest BCUT2D eigenvalue weighted by atomic mass is 32.1. The Labute approximate surface area is 200 Å². The fraction of sp³-hybridized carbons (Fsp3) is 0.208. The maximum Gasteiger partial charge on any atom is 0.231 e.